The fraction of sp³-hybridized carbons (Fsp3) is 0.167. The van der Waals surface area contributed by atoms with Crippen LogP contribution in [0, 0.1) is 0 Å². The molecule has 1 aromatic heterocycles. The van der Waals surface area contributed by atoms with Crippen LogP contribution in [0.2, 0.25) is 0 Å². The van der Waals surface area contributed by atoms with E-state index in [2.05, 4.69) is 0 Å². The first kappa shape index (κ1) is 15.0. The molecule has 0 saturated carbocycles. The number of aromatic carboxylic acids is 1. The molecule has 0 spiro atoms. The molecule has 0 atom stereocenters. The molecule has 1 N–H and O–H groups in total. The summed E-state index contributed by atoms with van der Waals surface area (Å²) in [6.07, 6.45) is 1.98. The maximum absolute atomic E-state index is 11.6. The molecule has 0 bridgehead atoms. The van der Waals surface area contributed by atoms with E-state index in [1.807, 2.05) is 42.1 Å². The third-order valence-electron chi connectivity index (χ3n) is 3.92. The number of hydrogen-bond donors (Lipinski definition) is 1. The predicted molar refractivity (Wildman–Crippen MR) is 88.4 cm³/mol. The number of aromatic nitrogens is 1. The summed E-state index contributed by atoms with van der Waals surface area (Å²) in [5.41, 5.74) is 2.88. The number of fused-ring (bicyclic) bond motifs is 1. The van der Waals surface area contributed by atoms with Crippen LogP contribution in [0.5, 0.6) is 11.5 Å². The number of carbonyl (C=O) groups is 1. The van der Waals surface area contributed by atoms with Crippen molar-refractivity contribution in [2.45, 2.75) is 0 Å². The number of benzene rings is 2. The third-order valence-corrected chi connectivity index (χ3v) is 3.92. The molecule has 0 aliphatic rings. The Hall–Kier alpha value is -2.95. The van der Waals surface area contributed by atoms with Gasteiger partial charge in [-0.25, -0.2) is 4.79 Å². The van der Waals surface area contributed by atoms with E-state index in [-0.39, 0.29) is 11.3 Å². The Morgan fingerprint density at radius 3 is 2.52 bits per heavy atom. The van der Waals surface area contributed by atoms with Crippen molar-refractivity contribution in [3.8, 4) is 22.6 Å². The SMILES string of the molecule is COc1cc(-c2cn(C)c3ccccc23)cc(C(=O)O)c1OC. The number of carboxylic acids is 1. The summed E-state index contributed by atoms with van der Waals surface area (Å²) in [6.45, 7) is 0. The van der Waals surface area contributed by atoms with Gasteiger partial charge in [0.2, 0.25) is 0 Å². The first-order chi connectivity index (χ1) is 11.1. The van der Waals surface area contributed by atoms with E-state index < -0.39 is 5.97 Å². The maximum Gasteiger partial charge on any atom is 0.339 e. The smallest absolute Gasteiger partial charge is 0.339 e. The Bertz CT molecular complexity index is 895. The van der Waals surface area contributed by atoms with Gasteiger partial charge in [0, 0.05) is 29.7 Å². The molecule has 23 heavy (non-hydrogen) atoms. The number of hydrogen-bond acceptors (Lipinski definition) is 3. The number of nitrogens with zero attached hydrogens (tertiary/aromatic N) is 1. The Labute approximate surface area is 133 Å². The standard InChI is InChI=1S/C18H17NO4/c1-19-10-14(12-6-4-5-7-15(12)19)11-8-13(18(20)21)17(23-3)16(9-11)22-2/h4-10H,1-3H3,(H,20,21). The summed E-state index contributed by atoms with van der Waals surface area (Å²) in [4.78, 5) is 11.6. The van der Waals surface area contributed by atoms with Gasteiger partial charge in [-0.3, -0.25) is 0 Å². The Morgan fingerprint density at radius 1 is 1.13 bits per heavy atom. The molecule has 3 aromatic rings. The summed E-state index contributed by atoms with van der Waals surface area (Å²) in [5.74, 6) is -0.429. The quantitative estimate of drug-likeness (QED) is 0.800. The van der Waals surface area contributed by atoms with Crippen LogP contribution in [0.3, 0.4) is 0 Å². The molecule has 5 nitrogen and oxygen atoms in total. The molecule has 0 radical (unpaired) electrons. The highest BCUT2D eigenvalue weighted by Gasteiger charge is 2.20. The summed E-state index contributed by atoms with van der Waals surface area (Å²) in [5, 5.41) is 10.5. The molecule has 1 heterocycles. The van der Waals surface area contributed by atoms with Gasteiger partial charge in [0.1, 0.15) is 5.56 Å². The van der Waals surface area contributed by atoms with Crippen molar-refractivity contribution in [1.82, 2.24) is 4.57 Å². The minimum absolute atomic E-state index is 0.0785. The van der Waals surface area contributed by atoms with E-state index >= 15 is 0 Å². The minimum Gasteiger partial charge on any atom is -0.493 e. The zero-order valence-electron chi connectivity index (χ0n) is 13.2. The maximum atomic E-state index is 11.6. The van der Waals surface area contributed by atoms with Crippen LogP contribution in [-0.2, 0) is 7.05 Å². The van der Waals surface area contributed by atoms with Crippen LogP contribution in [-0.4, -0.2) is 29.9 Å². The molecule has 118 valence electrons. The van der Waals surface area contributed by atoms with Crippen LogP contribution in [0.15, 0.2) is 42.6 Å². The second-order valence-corrected chi connectivity index (χ2v) is 5.24. The lowest BCUT2D eigenvalue weighted by Crippen LogP contribution is -2.03. The number of carboxylic acid groups (broad SMARTS) is 1. The third kappa shape index (κ3) is 2.40. The van der Waals surface area contributed by atoms with Crippen LogP contribution in [0.4, 0.5) is 0 Å². The summed E-state index contributed by atoms with van der Waals surface area (Å²) in [7, 11) is 4.89. The number of methoxy groups -OCH3 is 2. The molecular formula is C18H17NO4. The largest absolute Gasteiger partial charge is 0.493 e. The zero-order chi connectivity index (χ0) is 16.6. The van der Waals surface area contributed by atoms with Crippen molar-refractivity contribution in [1.29, 1.82) is 0 Å². The fourth-order valence-corrected chi connectivity index (χ4v) is 2.85. The van der Waals surface area contributed by atoms with Crippen molar-refractivity contribution in [3.63, 3.8) is 0 Å². The number of aryl methyl sites for hydroxylation is 1. The van der Waals surface area contributed by atoms with Crippen LogP contribution >= 0.6 is 0 Å². The van der Waals surface area contributed by atoms with Crippen LogP contribution in [0.1, 0.15) is 10.4 Å². The molecule has 0 aliphatic heterocycles. The molecule has 0 unspecified atom stereocenters. The van der Waals surface area contributed by atoms with Crippen LogP contribution in [0.25, 0.3) is 22.0 Å². The van der Waals surface area contributed by atoms with Gasteiger partial charge in [0.15, 0.2) is 11.5 Å². The Kier molecular flexibility index (Phi) is 3.70. The fourth-order valence-electron chi connectivity index (χ4n) is 2.85. The van der Waals surface area contributed by atoms with Gasteiger partial charge in [-0.2, -0.15) is 0 Å². The zero-order valence-corrected chi connectivity index (χ0v) is 13.2. The van der Waals surface area contributed by atoms with Crippen molar-refractivity contribution in [3.05, 3.63) is 48.2 Å². The Balaban J connectivity index is 2.31. The van der Waals surface area contributed by atoms with E-state index in [0.717, 1.165) is 22.0 Å². The lowest BCUT2D eigenvalue weighted by Gasteiger charge is -2.12. The van der Waals surface area contributed by atoms with Crippen molar-refractivity contribution < 1.29 is 19.4 Å². The topological polar surface area (TPSA) is 60.7 Å². The minimum atomic E-state index is -1.05. The second kappa shape index (κ2) is 5.68. The summed E-state index contributed by atoms with van der Waals surface area (Å²) < 4.78 is 12.5. The van der Waals surface area contributed by atoms with Crippen molar-refractivity contribution in [2.24, 2.45) is 7.05 Å². The van der Waals surface area contributed by atoms with Gasteiger partial charge in [-0.1, -0.05) is 18.2 Å². The molecular weight excluding hydrogens is 294 g/mol. The highest BCUT2D eigenvalue weighted by molar-refractivity contribution is 5.99. The van der Waals surface area contributed by atoms with Gasteiger partial charge in [0.05, 0.1) is 14.2 Å². The highest BCUT2D eigenvalue weighted by Crippen LogP contribution is 2.39. The van der Waals surface area contributed by atoms with Gasteiger partial charge in [-0.05, 0) is 23.8 Å². The van der Waals surface area contributed by atoms with E-state index in [0.29, 0.717) is 5.75 Å². The molecule has 5 heteroatoms. The van der Waals surface area contributed by atoms with E-state index in [1.54, 1.807) is 12.1 Å². The van der Waals surface area contributed by atoms with Crippen LogP contribution < -0.4 is 9.47 Å². The second-order valence-electron chi connectivity index (χ2n) is 5.24. The van der Waals surface area contributed by atoms with Crippen molar-refractivity contribution >= 4 is 16.9 Å². The number of rotatable bonds is 4. The molecule has 3 rings (SSSR count). The monoisotopic (exact) mass is 311 g/mol. The van der Waals surface area contributed by atoms with Gasteiger partial charge in [-0.15, -0.1) is 0 Å². The highest BCUT2D eigenvalue weighted by atomic mass is 16.5. The first-order valence-corrected chi connectivity index (χ1v) is 7.10. The molecule has 0 fully saturated rings. The number of para-hydroxylation sites is 1. The number of ether oxygens (including phenoxy) is 2. The van der Waals surface area contributed by atoms with Gasteiger partial charge < -0.3 is 19.1 Å². The first-order valence-electron chi connectivity index (χ1n) is 7.10. The normalized spacial score (nSPS) is 10.7. The summed E-state index contributed by atoms with van der Waals surface area (Å²) in [6, 6.07) is 11.4. The average molecular weight is 311 g/mol. The molecule has 2 aromatic carbocycles. The molecule has 0 aliphatic carbocycles. The lowest BCUT2D eigenvalue weighted by atomic mass is 10.0. The van der Waals surface area contributed by atoms with E-state index in [9.17, 15) is 9.90 Å². The predicted octanol–water partition coefficient (Wildman–Crippen LogP) is 3.56. The van der Waals surface area contributed by atoms with E-state index in [4.69, 9.17) is 9.47 Å². The summed E-state index contributed by atoms with van der Waals surface area (Å²) >= 11 is 0. The average Bonchev–Trinajstić information content (AvgIpc) is 2.90. The van der Waals surface area contributed by atoms with Gasteiger partial charge >= 0.3 is 5.97 Å². The Morgan fingerprint density at radius 2 is 1.87 bits per heavy atom. The van der Waals surface area contributed by atoms with Gasteiger partial charge in [0.25, 0.3) is 0 Å². The lowest BCUT2D eigenvalue weighted by molar-refractivity contribution is 0.0692. The molecule has 0 saturated heterocycles. The van der Waals surface area contributed by atoms with E-state index in [1.165, 1.54) is 14.2 Å². The molecule has 0 amide bonds. The van der Waals surface area contributed by atoms with Crippen molar-refractivity contribution in [2.75, 3.05) is 14.2 Å².